The van der Waals surface area contributed by atoms with Gasteiger partial charge in [0.15, 0.2) is 12.6 Å². The Morgan fingerprint density at radius 1 is 1.38 bits per heavy atom. The molecule has 0 radical (unpaired) electrons. The molecule has 5 atom stereocenters. The van der Waals surface area contributed by atoms with Crippen molar-refractivity contribution in [2.45, 2.75) is 30.8 Å². The number of likely N-dealkylation sites (N-methyl/N-ethyl adjacent to an activating group) is 1. The molecular weight excluding hydrogens is 216 g/mol. The lowest BCUT2D eigenvalue weighted by Crippen LogP contribution is -2.57. The van der Waals surface area contributed by atoms with Gasteiger partial charge in [-0.2, -0.15) is 0 Å². The van der Waals surface area contributed by atoms with Gasteiger partial charge in [0.05, 0.1) is 12.6 Å². The zero-order valence-corrected chi connectivity index (χ0v) is 9.16. The van der Waals surface area contributed by atoms with Crippen LogP contribution in [0.3, 0.4) is 0 Å². The van der Waals surface area contributed by atoms with E-state index in [0.29, 0.717) is 0 Å². The number of aliphatic hydroxyl groups is 2. The van der Waals surface area contributed by atoms with Crippen LogP contribution in [0.2, 0.25) is 0 Å². The molecule has 0 spiro atoms. The molecule has 7 nitrogen and oxygen atoms in total. The van der Waals surface area contributed by atoms with Crippen molar-refractivity contribution in [2.24, 2.45) is 0 Å². The molecule has 0 aromatic heterocycles. The maximum absolute atomic E-state index is 11.5. The molecule has 92 valence electrons. The van der Waals surface area contributed by atoms with Crippen LogP contribution in [0, 0.1) is 0 Å². The zero-order valence-electron chi connectivity index (χ0n) is 9.16. The first-order valence-corrected chi connectivity index (χ1v) is 5.10. The molecule has 0 aliphatic carbocycles. The molecule has 0 aromatic rings. The molecule has 2 aliphatic rings. The second-order valence-electron chi connectivity index (χ2n) is 4.32. The lowest BCUT2D eigenvalue weighted by atomic mass is 10.0. The highest BCUT2D eigenvalue weighted by molar-refractivity contribution is 5.78. The monoisotopic (exact) mass is 232 g/mol. The lowest BCUT2D eigenvalue weighted by Gasteiger charge is -2.29. The molecule has 2 aliphatic heterocycles. The molecule has 7 heteroatoms. The summed E-state index contributed by atoms with van der Waals surface area (Å²) in [7, 11) is 3.54. The van der Waals surface area contributed by atoms with Crippen LogP contribution in [0.25, 0.3) is 0 Å². The van der Waals surface area contributed by atoms with Crippen LogP contribution in [-0.4, -0.2) is 72.5 Å². The number of nitrogens with one attached hydrogen (secondary N) is 1. The van der Waals surface area contributed by atoms with Gasteiger partial charge < -0.3 is 29.9 Å². The standard InChI is InChI=1S/C9H16N2O5/c1-11(2)3-4(12)10-5-6(13)8(14)16-9-7(5)15-9/h5-9,13-14H,3H2,1-2H3,(H,10,12). The largest absolute Gasteiger partial charge is 0.386 e. The number of aliphatic hydroxyl groups excluding tert-OH is 2. The Morgan fingerprint density at radius 2 is 2.06 bits per heavy atom. The molecule has 3 N–H and O–H groups in total. The van der Waals surface area contributed by atoms with Crippen molar-refractivity contribution in [3.63, 3.8) is 0 Å². The quantitative estimate of drug-likeness (QED) is 0.464. The second-order valence-corrected chi connectivity index (χ2v) is 4.32. The first-order chi connectivity index (χ1) is 7.49. The van der Waals surface area contributed by atoms with E-state index in [1.165, 1.54) is 0 Å². The molecule has 5 unspecified atom stereocenters. The summed E-state index contributed by atoms with van der Waals surface area (Å²) in [6.45, 7) is 0.220. The van der Waals surface area contributed by atoms with E-state index in [0.717, 1.165) is 0 Å². The summed E-state index contributed by atoms with van der Waals surface area (Å²) in [6.07, 6.45) is -3.34. The molecule has 16 heavy (non-hydrogen) atoms. The van der Waals surface area contributed by atoms with Gasteiger partial charge in [0.1, 0.15) is 12.2 Å². The molecule has 2 fully saturated rings. The number of ether oxygens (including phenoxy) is 2. The van der Waals surface area contributed by atoms with Gasteiger partial charge in [0, 0.05) is 0 Å². The summed E-state index contributed by atoms with van der Waals surface area (Å²) < 4.78 is 9.95. The summed E-state index contributed by atoms with van der Waals surface area (Å²) in [6, 6.07) is -0.610. The number of hydrogen-bond donors (Lipinski definition) is 3. The van der Waals surface area contributed by atoms with Gasteiger partial charge in [-0.1, -0.05) is 0 Å². The molecule has 0 saturated carbocycles. The Kier molecular flexibility index (Phi) is 3.13. The Bertz CT molecular complexity index is 285. The molecule has 0 aromatic carbocycles. The van der Waals surface area contributed by atoms with E-state index in [9.17, 15) is 15.0 Å². The maximum Gasteiger partial charge on any atom is 0.234 e. The Morgan fingerprint density at radius 3 is 2.69 bits per heavy atom. The summed E-state index contributed by atoms with van der Waals surface area (Å²) >= 11 is 0. The van der Waals surface area contributed by atoms with Crippen LogP contribution in [0.1, 0.15) is 0 Å². The van der Waals surface area contributed by atoms with Crippen LogP contribution in [0.5, 0.6) is 0 Å². The molecule has 2 heterocycles. The van der Waals surface area contributed by atoms with Crippen LogP contribution >= 0.6 is 0 Å². The number of carbonyl (C=O) groups excluding carboxylic acids is 1. The average Bonchev–Trinajstić information content (AvgIpc) is 2.90. The van der Waals surface area contributed by atoms with E-state index in [1.807, 2.05) is 0 Å². The summed E-state index contributed by atoms with van der Waals surface area (Å²) in [5, 5.41) is 21.6. The fraction of sp³-hybridized carbons (Fsp3) is 0.889. The highest BCUT2D eigenvalue weighted by Crippen LogP contribution is 2.34. The minimum Gasteiger partial charge on any atom is -0.386 e. The van der Waals surface area contributed by atoms with E-state index in [2.05, 4.69) is 5.32 Å². The van der Waals surface area contributed by atoms with E-state index < -0.39 is 24.7 Å². The number of carbonyl (C=O) groups is 1. The summed E-state index contributed by atoms with van der Waals surface area (Å²) in [5.74, 6) is -0.225. The smallest absolute Gasteiger partial charge is 0.234 e. The number of nitrogens with zero attached hydrogens (tertiary/aromatic N) is 1. The van der Waals surface area contributed by atoms with Gasteiger partial charge in [-0.05, 0) is 14.1 Å². The molecule has 1 amide bonds. The third-order valence-electron chi connectivity index (χ3n) is 2.56. The van der Waals surface area contributed by atoms with Gasteiger partial charge in [-0.3, -0.25) is 4.79 Å². The molecule has 0 bridgehead atoms. The van der Waals surface area contributed by atoms with Crippen molar-refractivity contribution < 1.29 is 24.5 Å². The molecular formula is C9H16N2O5. The topological polar surface area (TPSA) is 94.6 Å². The Labute approximate surface area is 92.9 Å². The van der Waals surface area contributed by atoms with Crippen molar-refractivity contribution in [1.29, 1.82) is 0 Å². The summed E-state index contributed by atoms with van der Waals surface area (Å²) in [4.78, 5) is 13.2. The molecule has 2 saturated heterocycles. The number of hydrogen-bond acceptors (Lipinski definition) is 6. The number of rotatable bonds is 3. The van der Waals surface area contributed by atoms with Gasteiger partial charge in [0.2, 0.25) is 5.91 Å². The van der Waals surface area contributed by atoms with Crippen molar-refractivity contribution in [3.05, 3.63) is 0 Å². The normalized spacial score (nSPS) is 41.7. The van der Waals surface area contributed by atoms with Gasteiger partial charge in [-0.15, -0.1) is 0 Å². The minimum atomic E-state index is -1.31. The SMILES string of the molecule is CN(C)CC(=O)NC1C(O)C(O)OC2OC21. The van der Waals surface area contributed by atoms with Crippen molar-refractivity contribution in [3.8, 4) is 0 Å². The lowest BCUT2D eigenvalue weighted by molar-refractivity contribution is -0.201. The van der Waals surface area contributed by atoms with Crippen molar-refractivity contribution >= 4 is 5.91 Å². The zero-order chi connectivity index (χ0) is 11.9. The van der Waals surface area contributed by atoms with Crippen LogP contribution in [0.15, 0.2) is 0 Å². The highest BCUT2D eigenvalue weighted by atomic mass is 16.8. The summed E-state index contributed by atoms with van der Waals surface area (Å²) in [5.41, 5.74) is 0. The fourth-order valence-corrected chi connectivity index (χ4v) is 1.75. The van der Waals surface area contributed by atoms with Crippen molar-refractivity contribution in [2.75, 3.05) is 20.6 Å². The van der Waals surface area contributed by atoms with Gasteiger partial charge in [0.25, 0.3) is 0 Å². The fourth-order valence-electron chi connectivity index (χ4n) is 1.75. The predicted molar refractivity (Wildman–Crippen MR) is 52.2 cm³/mol. The second kappa shape index (κ2) is 4.27. The first kappa shape index (κ1) is 11.7. The number of epoxide rings is 1. The number of fused-ring (bicyclic) bond motifs is 1. The third-order valence-corrected chi connectivity index (χ3v) is 2.56. The van der Waals surface area contributed by atoms with Crippen LogP contribution < -0.4 is 5.32 Å². The highest BCUT2D eigenvalue weighted by Gasteiger charge is 2.56. The van der Waals surface area contributed by atoms with E-state index in [1.54, 1.807) is 19.0 Å². The average molecular weight is 232 g/mol. The maximum atomic E-state index is 11.5. The van der Waals surface area contributed by atoms with Crippen LogP contribution in [0.4, 0.5) is 0 Å². The van der Waals surface area contributed by atoms with E-state index in [-0.39, 0.29) is 18.6 Å². The van der Waals surface area contributed by atoms with Gasteiger partial charge in [-0.25, -0.2) is 0 Å². The Balaban J connectivity index is 1.90. The molecule has 2 rings (SSSR count). The minimum absolute atomic E-state index is 0.220. The van der Waals surface area contributed by atoms with Crippen molar-refractivity contribution in [1.82, 2.24) is 10.2 Å². The predicted octanol–water partition coefficient (Wildman–Crippen LogP) is -2.53. The van der Waals surface area contributed by atoms with E-state index in [4.69, 9.17) is 9.47 Å². The van der Waals surface area contributed by atoms with Crippen LogP contribution in [-0.2, 0) is 14.3 Å². The van der Waals surface area contributed by atoms with E-state index >= 15 is 0 Å². The van der Waals surface area contributed by atoms with Gasteiger partial charge >= 0.3 is 0 Å². The third kappa shape index (κ3) is 2.33. The number of amides is 1. The first-order valence-electron chi connectivity index (χ1n) is 5.10. The Hall–Kier alpha value is -0.730.